The second-order valence-electron chi connectivity index (χ2n) is 7.27. The minimum Gasteiger partial charge on any atom is -0.326 e. The van der Waals surface area contributed by atoms with E-state index < -0.39 is 11.9 Å². The number of anilines is 3. The number of carbonyl (C=O) groups excluding carboxylic acids is 3. The van der Waals surface area contributed by atoms with E-state index >= 15 is 0 Å². The summed E-state index contributed by atoms with van der Waals surface area (Å²) in [6.07, 6.45) is -0.173. The number of aryl methyl sites for hydroxylation is 1. The molecular formula is C24H20BrN3O3. The van der Waals surface area contributed by atoms with Crippen LogP contribution in [0.3, 0.4) is 0 Å². The van der Waals surface area contributed by atoms with Crippen molar-refractivity contribution in [2.75, 3.05) is 15.5 Å². The number of benzene rings is 3. The van der Waals surface area contributed by atoms with E-state index in [0.29, 0.717) is 22.6 Å². The van der Waals surface area contributed by atoms with E-state index in [1.807, 2.05) is 31.2 Å². The smallest absolute Gasteiger partial charge is 0.259 e. The van der Waals surface area contributed by atoms with E-state index in [1.165, 1.54) is 4.90 Å². The molecule has 0 saturated heterocycles. The quantitative estimate of drug-likeness (QED) is 0.568. The third-order valence-electron chi connectivity index (χ3n) is 5.14. The lowest BCUT2D eigenvalue weighted by Gasteiger charge is -2.36. The first-order chi connectivity index (χ1) is 14.9. The first kappa shape index (κ1) is 20.8. The molecule has 3 amide bonds. The zero-order chi connectivity index (χ0) is 22.0. The molecule has 0 aliphatic carbocycles. The van der Waals surface area contributed by atoms with Gasteiger partial charge in [-0.25, -0.2) is 0 Å². The van der Waals surface area contributed by atoms with Crippen LogP contribution in [0.2, 0.25) is 0 Å². The summed E-state index contributed by atoms with van der Waals surface area (Å²) in [4.78, 5) is 40.6. The van der Waals surface area contributed by atoms with Crippen LogP contribution in [-0.2, 0) is 9.59 Å². The Morgan fingerprint density at radius 2 is 1.68 bits per heavy atom. The molecule has 4 rings (SSSR count). The van der Waals surface area contributed by atoms with Crippen molar-refractivity contribution in [2.45, 2.75) is 19.4 Å². The first-order valence-corrected chi connectivity index (χ1v) is 10.6. The number of hydrogen-bond acceptors (Lipinski definition) is 3. The van der Waals surface area contributed by atoms with Crippen LogP contribution in [-0.4, -0.2) is 23.8 Å². The van der Waals surface area contributed by atoms with Gasteiger partial charge in [-0.1, -0.05) is 46.3 Å². The van der Waals surface area contributed by atoms with Crippen molar-refractivity contribution in [1.82, 2.24) is 0 Å². The Morgan fingerprint density at radius 1 is 1.00 bits per heavy atom. The van der Waals surface area contributed by atoms with Crippen LogP contribution in [0.5, 0.6) is 0 Å². The monoisotopic (exact) mass is 477 g/mol. The molecular weight excluding hydrogens is 458 g/mol. The number of halogens is 1. The average molecular weight is 478 g/mol. The molecule has 156 valence electrons. The van der Waals surface area contributed by atoms with E-state index in [-0.39, 0.29) is 18.2 Å². The summed E-state index contributed by atoms with van der Waals surface area (Å²) in [6, 6.07) is 20.5. The molecule has 0 saturated carbocycles. The molecule has 31 heavy (non-hydrogen) atoms. The molecule has 0 radical (unpaired) electrons. The fraction of sp³-hybridized carbons (Fsp3) is 0.125. The second-order valence-corrected chi connectivity index (χ2v) is 8.19. The summed E-state index contributed by atoms with van der Waals surface area (Å²) >= 11 is 3.36. The van der Waals surface area contributed by atoms with Gasteiger partial charge in [-0.3, -0.25) is 19.3 Å². The maximum Gasteiger partial charge on any atom is 0.259 e. The zero-order valence-corrected chi connectivity index (χ0v) is 18.3. The lowest BCUT2D eigenvalue weighted by atomic mass is 10.0. The number of hydrogen-bond donors (Lipinski definition) is 2. The summed E-state index contributed by atoms with van der Waals surface area (Å²) in [6.45, 7) is 1.85. The molecule has 1 heterocycles. The molecule has 3 aromatic rings. The third kappa shape index (κ3) is 4.36. The van der Waals surface area contributed by atoms with Gasteiger partial charge in [0.05, 0.1) is 17.8 Å². The predicted molar refractivity (Wildman–Crippen MR) is 124 cm³/mol. The standard InChI is InChI=1S/C24H20BrN3O3/c1-15-6-2-3-7-18(15)24(31)28-20-9-5-4-8-19(20)27-23(30)21(28)14-22(29)26-17-12-10-16(25)11-13-17/h2-13,21H,14H2,1H3,(H,26,29)(H,27,30)/t21-/m1/s1. The topological polar surface area (TPSA) is 78.5 Å². The van der Waals surface area contributed by atoms with Gasteiger partial charge in [0.25, 0.3) is 5.91 Å². The molecule has 1 atom stereocenters. The normalized spacial score (nSPS) is 15.1. The number of nitrogens with zero attached hydrogens (tertiary/aromatic N) is 1. The van der Waals surface area contributed by atoms with Crippen LogP contribution in [0.25, 0.3) is 0 Å². The summed E-state index contributed by atoms with van der Waals surface area (Å²) in [5, 5.41) is 5.61. The van der Waals surface area contributed by atoms with Crippen molar-refractivity contribution in [3.63, 3.8) is 0 Å². The minimum absolute atomic E-state index is 0.173. The van der Waals surface area contributed by atoms with E-state index in [0.717, 1.165) is 10.0 Å². The fourth-order valence-electron chi connectivity index (χ4n) is 3.59. The van der Waals surface area contributed by atoms with Gasteiger partial charge in [0.1, 0.15) is 6.04 Å². The maximum atomic E-state index is 13.5. The molecule has 0 bridgehead atoms. The summed E-state index contributed by atoms with van der Waals surface area (Å²) in [5.41, 5.74) is 3.01. The van der Waals surface area contributed by atoms with Gasteiger partial charge in [0, 0.05) is 15.7 Å². The number of nitrogens with one attached hydrogen (secondary N) is 2. The molecule has 0 fully saturated rings. The molecule has 1 aliphatic rings. The van der Waals surface area contributed by atoms with Crippen molar-refractivity contribution >= 4 is 50.7 Å². The fourth-order valence-corrected chi connectivity index (χ4v) is 3.85. The highest BCUT2D eigenvalue weighted by Crippen LogP contribution is 2.34. The van der Waals surface area contributed by atoms with Crippen molar-refractivity contribution in [2.24, 2.45) is 0 Å². The van der Waals surface area contributed by atoms with Gasteiger partial charge >= 0.3 is 0 Å². The van der Waals surface area contributed by atoms with Gasteiger partial charge in [0.15, 0.2) is 0 Å². The molecule has 0 spiro atoms. The Balaban J connectivity index is 1.66. The van der Waals surface area contributed by atoms with E-state index in [4.69, 9.17) is 0 Å². The van der Waals surface area contributed by atoms with Gasteiger partial charge in [-0.15, -0.1) is 0 Å². The molecule has 2 N–H and O–H groups in total. The summed E-state index contributed by atoms with van der Waals surface area (Å²) in [7, 11) is 0. The first-order valence-electron chi connectivity index (χ1n) is 9.78. The van der Waals surface area contributed by atoms with Gasteiger partial charge < -0.3 is 10.6 Å². The van der Waals surface area contributed by atoms with Crippen LogP contribution >= 0.6 is 15.9 Å². The molecule has 7 heteroatoms. The second kappa shape index (κ2) is 8.73. The summed E-state index contributed by atoms with van der Waals surface area (Å²) < 4.78 is 0.892. The SMILES string of the molecule is Cc1ccccc1C(=O)N1c2ccccc2NC(=O)[C@H]1CC(=O)Nc1ccc(Br)cc1. The molecule has 6 nitrogen and oxygen atoms in total. The highest BCUT2D eigenvalue weighted by molar-refractivity contribution is 9.10. The van der Waals surface area contributed by atoms with Gasteiger partial charge in [-0.05, 0) is 55.0 Å². The lowest BCUT2D eigenvalue weighted by molar-refractivity contribution is -0.122. The van der Waals surface area contributed by atoms with Crippen molar-refractivity contribution < 1.29 is 14.4 Å². The van der Waals surface area contributed by atoms with Crippen LogP contribution < -0.4 is 15.5 Å². The van der Waals surface area contributed by atoms with Gasteiger partial charge in [0.2, 0.25) is 11.8 Å². The lowest BCUT2D eigenvalue weighted by Crippen LogP contribution is -2.52. The Hall–Kier alpha value is -3.45. The zero-order valence-electron chi connectivity index (χ0n) is 16.8. The molecule has 0 aromatic heterocycles. The highest BCUT2D eigenvalue weighted by Gasteiger charge is 2.38. The molecule has 0 unspecified atom stereocenters. The Labute approximate surface area is 188 Å². The Bertz CT molecular complexity index is 1160. The van der Waals surface area contributed by atoms with Crippen LogP contribution in [0, 0.1) is 6.92 Å². The van der Waals surface area contributed by atoms with Crippen LogP contribution in [0.1, 0.15) is 22.3 Å². The Morgan fingerprint density at radius 3 is 2.42 bits per heavy atom. The number of carbonyl (C=O) groups is 3. The van der Waals surface area contributed by atoms with Crippen LogP contribution in [0.15, 0.2) is 77.3 Å². The largest absolute Gasteiger partial charge is 0.326 e. The van der Waals surface area contributed by atoms with Crippen LogP contribution in [0.4, 0.5) is 17.1 Å². The maximum absolute atomic E-state index is 13.5. The third-order valence-corrected chi connectivity index (χ3v) is 5.67. The number of amides is 3. The number of rotatable bonds is 4. The van der Waals surface area contributed by atoms with Crippen molar-refractivity contribution in [3.8, 4) is 0 Å². The van der Waals surface area contributed by atoms with E-state index in [2.05, 4.69) is 26.6 Å². The van der Waals surface area contributed by atoms with Crippen molar-refractivity contribution in [3.05, 3.63) is 88.4 Å². The summed E-state index contributed by atoms with van der Waals surface area (Å²) in [5.74, 6) is -1.07. The predicted octanol–water partition coefficient (Wildman–Crippen LogP) is 4.75. The Kier molecular flexibility index (Phi) is 5.86. The number of fused-ring (bicyclic) bond motifs is 1. The molecule has 3 aromatic carbocycles. The highest BCUT2D eigenvalue weighted by atomic mass is 79.9. The minimum atomic E-state index is -0.975. The van der Waals surface area contributed by atoms with Crippen molar-refractivity contribution in [1.29, 1.82) is 0 Å². The molecule has 1 aliphatic heterocycles. The number of para-hydroxylation sites is 2. The average Bonchev–Trinajstić information content (AvgIpc) is 2.76. The van der Waals surface area contributed by atoms with E-state index in [9.17, 15) is 14.4 Å². The van der Waals surface area contributed by atoms with Gasteiger partial charge in [-0.2, -0.15) is 0 Å². The van der Waals surface area contributed by atoms with E-state index in [1.54, 1.807) is 48.5 Å².